The number of hydrogen-bond acceptors (Lipinski definition) is 6. The number of benzene rings is 2. The number of nitrogens with one attached hydrogen (secondary N) is 1. The minimum absolute atomic E-state index is 0.270. The van der Waals surface area contributed by atoms with E-state index >= 15 is 0 Å². The molecule has 176 valence electrons. The van der Waals surface area contributed by atoms with Gasteiger partial charge in [-0.2, -0.15) is 0 Å². The molecule has 0 amide bonds. The molecular formula is C29H27N3O3. The van der Waals surface area contributed by atoms with Crippen molar-refractivity contribution in [3.63, 3.8) is 0 Å². The highest BCUT2D eigenvalue weighted by atomic mass is 16.5. The highest BCUT2D eigenvalue weighted by Gasteiger charge is 2.22. The molecule has 0 spiro atoms. The van der Waals surface area contributed by atoms with Gasteiger partial charge in [0.25, 0.3) is 0 Å². The van der Waals surface area contributed by atoms with Crippen LogP contribution in [-0.4, -0.2) is 35.1 Å². The molecule has 0 unspecified atom stereocenters. The molecule has 2 N–H and O–H groups in total. The lowest BCUT2D eigenvalue weighted by Crippen LogP contribution is -2.34. The number of rotatable bonds is 5. The van der Waals surface area contributed by atoms with Gasteiger partial charge in [-0.05, 0) is 92.4 Å². The minimum atomic E-state index is 0.270. The lowest BCUT2D eigenvalue weighted by atomic mass is 9.98. The van der Waals surface area contributed by atoms with Crippen LogP contribution in [0.4, 0.5) is 0 Å². The fraction of sp³-hybridized carbons (Fsp3) is 0.241. The highest BCUT2D eigenvalue weighted by Crippen LogP contribution is 2.40. The average Bonchev–Trinajstić information content (AvgIpc) is 3.54. The number of piperidine rings is 1. The zero-order chi connectivity index (χ0) is 23.6. The summed E-state index contributed by atoms with van der Waals surface area (Å²) in [6, 6.07) is 20.5. The molecular weight excluding hydrogens is 438 g/mol. The van der Waals surface area contributed by atoms with Crippen molar-refractivity contribution in [3.05, 3.63) is 84.2 Å². The lowest BCUT2D eigenvalue weighted by molar-refractivity contribution is 0.162. The summed E-state index contributed by atoms with van der Waals surface area (Å²) < 4.78 is 12.6. The zero-order valence-electron chi connectivity index (χ0n) is 19.4. The van der Waals surface area contributed by atoms with Crippen LogP contribution in [0, 0.1) is 0 Å². The number of aryl methyl sites for hydroxylation is 1. The maximum absolute atomic E-state index is 9.29. The van der Waals surface area contributed by atoms with Crippen LogP contribution in [0.3, 0.4) is 0 Å². The van der Waals surface area contributed by atoms with Crippen molar-refractivity contribution in [2.75, 3.05) is 13.1 Å². The summed E-state index contributed by atoms with van der Waals surface area (Å²) in [5, 5.41) is 16.1. The third-order valence-corrected chi connectivity index (χ3v) is 6.88. The Morgan fingerprint density at radius 3 is 2.40 bits per heavy atom. The van der Waals surface area contributed by atoms with Crippen molar-refractivity contribution >= 4 is 5.71 Å². The van der Waals surface area contributed by atoms with Gasteiger partial charge in [0.15, 0.2) is 0 Å². The molecule has 0 radical (unpaired) electrons. The molecule has 0 saturated carbocycles. The molecule has 2 aromatic carbocycles. The Morgan fingerprint density at radius 1 is 0.857 bits per heavy atom. The van der Waals surface area contributed by atoms with Crippen molar-refractivity contribution in [2.24, 2.45) is 5.16 Å². The van der Waals surface area contributed by atoms with E-state index in [0.29, 0.717) is 0 Å². The Bertz CT molecular complexity index is 1350. The van der Waals surface area contributed by atoms with Crippen LogP contribution >= 0.6 is 0 Å². The molecule has 6 rings (SSSR count). The van der Waals surface area contributed by atoms with Gasteiger partial charge in [-0.15, -0.1) is 0 Å². The molecule has 3 heterocycles. The van der Waals surface area contributed by atoms with Gasteiger partial charge in [0.2, 0.25) is 0 Å². The first-order chi connectivity index (χ1) is 17.3. The fourth-order valence-corrected chi connectivity index (χ4v) is 5.01. The fourth-order valence-electron chi connectivity index (χ4n) is 5.01. The summed E-state index contributed by atoms with van der Waals surface area (Å²) in [7, 11) is 0. The second-order valence-corrected chi connectivity index (χ2v) is 9.10. The van der Waals surface area contributed by atoms with Crippen molar-refractivity contribution in [1.29, 1.82) is 0 Å². The Morgan fingerprint density at radius 2 is 1.63 bits per heavy atom. The second-order valence-electron chi connectivity index (χ2n) is 9.10. The summed E-state index contributed by atoms with van der Waals surface area (Å²) in [5.41, 5.74) is 7.05. The molecule has 0 atom stereocenters. The molecule has 1 aliphatic heterocycles. The SMILES string of the molecule is O/N=C1\CCc2cc(-c3cc(-c4ccc(OC5CCNCC5)cc4)oc3-c3ccncc3)ccc21. The highest BCUT2D eigenvalue weighted by molar-refractivity contribution is 6.04. The van der Waals surface area contributed by atoms with Crippen molar-refractivity contribution in [1.82, 2.24) is 10.3 Å². The number of aromatic nitrogens is 1. The van der Waals surface area contributed by atoms with E-state index in [1.54, 1.807) is 12.4 Å². The molecule has 0 bridgehead atoms. The van der Waals surface area contributed by atoms with Crippen molar-refractivity contribution in [3.8, 4) is 39.5 Å². The third-order valence-electron chi connectivity index (χ3n) is 6.88. The number of hydrogen-bond donors (Lipinski definition) is 2. The molecule has 35 heavy (non-hydrogen) atoms. The monoisotopic (exact) mass is 465 g/mol. The quantitative estimate of drug-likeness (QED) is 0.282. The van der Waals surface area contributed by atoms with Crippen molar-refractivity contribution in [2.45, 2.75) is 31.8 Å². The van der Waals surface area contributed by atoms with E-state index in [2.05, 4.69) is 45.8 Å². The van der Waals surface area contributed by atoms with Gasteiger partial charge < -0.3 is 19.7 Å². The van der Waals surface area contributed by atoms with Crippen molar-refractivity contribution < 1.29 is 14.4 Å². The van der Waals surface area contributed by atoms with E-state index in [0.717, 1.165) is 89.6 Å². The Balaban J connectivity index is 1.35. The topological polar surface area (TPSA) is 79.9 Å². The average molecular weight is 466 g/mol. The second kappa shape index (κ2) is 9.39. The van der Waals surface area contributed by atoms with Crippen LogP contribution in [0.2, 0.25) is 0 Å². The van der Waals surface area contributed by atoms with Gasteiger partial charge >= 0.3 is 0 Å². The largest absolute Gasteiger partial charge is 0.490 e. The smallest absolute Gasteiger partial charge is 0.142 e. The Labute approximate surface area is 204 Å². The maximum atomic E-state index is 9.29. The van der Waals surface area contributed by atoms with Crippen LogP contribution < -0.4 is 10.1 Å². The van der Waals surface area contributed by atoms with Crippen LogP contribution in [-0.2, 0) is 6.42 Å². The first-order valence-electron chi connectivity index (χ1n) is 12.1. The van der Waals surface area contributed by atoms with Crippen LogP contribution in [0.1, 0.15) is 30.4 Å². The molecule has 6 heteroatoms. The molecule has 2 aliphatic rings. The van der Waals surface area contributed by atoms with Crippen LogP contribution in [0.5, 0.6) is 5.75 Å². The summed E-state index contributed by atoms with van der Waals surface area (Å²) in [6.45, 7) is 2.01. The van der Waals surface area contributed by atoms with Crippen LogP contribution in [0.15, 0.2) is 82.6 Å². The Kier molecular flexibility index (Phi) is 5.80. The van der Waals surface area contributed by atoms with Gasteiger partial charge in [0, 0.05) is 34.6 Å². The van der Waals surface area contributed by atoms with E-state index in [4.69, 9.17) is 9.15 Å². The lowest BCUT2D eigenvalue weighted by Gasteiger charge is -2.23. The molecule has 1 aliphatic carbocycles. The van der Waals surface area contributed by atoms with E-state index in [1.165, 1.54) is 5.56 Å². The summed E-state index contributed by atoms with van der Waals surface area (Å²) in [5.74, 6) is 2.51. The Hall–Kier alpha value is -3.90. The number of nitrogens with zero attached hydrogens (tertiary/aromatic N) is 2. The molecule has 1 fully saturated rings. The number of fused-ring (bicyclic) bond motifs is 1. The predicted octanol–water partition coefficient (Wildman–Crippen LogP) is 5.93. The summed E-state index contributed by atoms with van der Waals surface area (Å²) >= 11 is 0. The van der Waals surface area contributed by atoms with E-state index in [-0.39, 0.29) is 6.10 Å². The van der Waals surface area contributed by atoms with E-state index in [9.17, 15) is 5.21 Å². The number of pyridine rings is 1. The minimum Gasteiger partial charge on any atom is -0.490 e. The predicted molar refractivity (Wildman–Crippen MR) is 136 cm³/mol. The number of oxime groups is 1. The first-order valence-corrected chi connectivity index (χ1v) is 12.1. The summed E-state index contributed by atoms with van der Waals surface area (Å²) in [6.07, 6.45) is 7.52. The van der Waals surface area contributed by atoms with Gasteiger partial charge in [-0.3, -0.25) is 4.98 Å². The van der Waals surface area contributed by atoms with Crippen LogP contribution in [0.25, 0.3) is 33.8 Å². The van der Waals surface area contributed by atoms with Gasteiger partial charge in [0.1, 0.15) is 23.4 Å². The van der Waals surface area contributed by atoms with Gasteiger partial charge in [-0.1, -0.05) is 23.4 Å². The van der Waals surface area contributed by atoms with Gasteiger partial charge in [-0.25, -0.2) is 0 Å². The standard InChI is InChI=1S/C29H27N3O3/c33-32-27-8-4-21-17-22(3-7-25(21)27)26-18-28(35-29(26)20-9-13-30-14-10-20)19-1-5-23(6-2-19)34-24-11-15-31-16-12-24/h1-3,5-7,9-10,13-14,17-18,24,31,33H,4,8,11-12,15-16H2/b32-27+. The molecule has 6 nitrogen and oxygen atoms in total. The molecule has 2 aromatic heterocycles. The molecule has 4 aromatic rings. The molecule has 1 saturated heterocycles. The number of ether oxygens (including phenoxy) is 1. The normalized spacial score (nSPS) is 17.0. The summed E-state index contributed by atoms with van der Waals surface area (Å²) in [4.78, 5) is 4.16. The first kappa shape index (κ1) is 21.6. The number of furan rings is 1. The van der Waals surface area contributed by atoms with Gasteiger partial charge in [0.05, 0.1) is 5.71 Å². The third kappa shape index (κ3) is 4.33. The van der Waals surface area contributed by atoms with E-state index in [1.807, 2.05) is 30.3 Å². The zero-order valence-corrected chi connectivity index (χ0v) is 19.4. The maximum Gasteiger partial charge on any atom is 0.142 e. The van der Waals surface area contributed by atoms with E-state index < -0.39 is 0 Å².